The summed E-state index contributed by atoms with van der Waals surface area (Å²) in [5, 5.41) is 0. The van der Waals surface area contributed by atoms with Gasteiger partial charge in [0.15, 0.2) is 0 Å². The lowest BCUT2D eigenvalue weighted by Gasteiger charge is -2.18. The molecule has 1 aromatic carbocycles. The Balaban J connectivity index is -0.000000131. The molecule has 0 aromatic heterocycles. The van der Waals surface area contributed by atoms with Gasteiger partial charge in [0.2, 0.25) is 0 Å². The Bertz CT molecular complexity index is 306. The first-order valence-electron chi connectivity index (χ1n) is 12.5. The quantitative estimate of drug-likeness (QED) is 0.465. The minimum absolute atomic E-state index is 0.898. The lowest BCUT2D eigenvalue weighted by molar-refractivity contribution is 0.346. The number of hydrogen-bond acceptors (Lipinski definition) is 0. The molecular formula is C28H58. The van der Waals surface area contributed by atoms with Crippen LogP contribution in [0, 0.1) is 11.8 Å². The lowest BCUT2D eigenvalue weighted by Crippen LogP contribution is -2.04. The van der Waals surface area contributed by atoms with Crippen LogP contribution >= 0.6 is 0 Å². The van der Waals surface area contributed by atoms with E-state index in [1.54, 1.807) is 0 Å². The van der Waals surface area contributed by atoms with E-state index in [4.69, 9.17) is 0 Å². The van der Waals surface area contributed by atoms with E-state index in [0.29, 0.717) is 0 Å². The second-order valence-corrected chi connectivity index (χ2v) is 7.41. The molecule has 0 spiro atoms. The molecule has 0 N–H and O–H groups in total. The first-order valence-corrected chi connectivity index (χ1v) is 12.5. The molecule has 0 saturated heterocycles. The van der Waals surface area contributed by atoms with Gasteiger partial charge in [-0.05, 0) is 23.8 Å². The first kappa shape index (κ1) is 34.7. The van der Waals surface area contributed by atoms with Crippen LogP contribution in [-0.4, -0.2) is 0 Å². The zero-order chi connectivity index (χ0) is 22.6. The summed E-state index contributed by atoms with van der Waals surface area (Å²) >= 11 is 0. The Morgan fingerprint density at radius 1 is 0.786 bits per heavy atom. The van der Waals surface area contributed by atoms with Gasteiger partial charge in [-0.2, -0.15) is 0 Å². The zero-order valence-corrected chi connectivity index (χ0v) is 21.9. The van der Waals surface area contributed by atoms with Crippen molar-refractivity contribution in [2.45, 2.75) is 134 Å². The van der Waals surface area contributed by atoms with Crippen molar-refractivity contribution in [2.24, 2.45) is 11.8 Å². The summed E-state index contributed by atoms with van der Waals surface area (Å²) in [7, 11) is 0. The van der Waals surface area contributed by atoms with E-state index < -0.39 is 0 Å². The maximum Gasteiger partial charge on any atom is -0.0307 e. The summed E-state index contributed by atoms with van der Waals surface area (Å²) in [5.74, 6) is 1.96. The molecule has 1 saturated carbocycles. The molecule has 28 heavy (non-hydrogen) atoms. The fourth-order valence-corrected chi connectivity index (χ4v) is 2.26. The van der Waals surface area contributed by atoms with E-state index in [0.717, 1.165) is 18.3 Å². The van der Waals surface area contributed by atoms with Crippen LogP contribution in [0.3, 0.4) is 0 Å². The maximum absolute atomic E-state index is 2.31. The van der Waals surface area contributed by atoms with Crippen LogP contribution in [0.5, 0.6) is 0 Å². The Kier molecular flexibility index (Phi) is 41.9. The van der Waals surface area contributed by atoms with Crippen molar-refractivity contribution >= 4 is 0 Å². The lowest BCUT2D eigenvalue weighted by atomic mass is 9.88. The molecule has 0 heteroatoms. The molecule has 1 aliphatic carbocycles. The van der Waals surface area contributed by atoms with Gasteiger partial charge in [0.1, 0.15) is 0 Å². The largest absolute Gasteiger partial charge is 0.0683 e. The highest BCUT2D eigenvalue weighted by atomic mass is 14.1. The summed E-state index contributed by atoms with van der Waals surface area (Å²) in [6.45, 7) is 23.6. The van der Waals surface area contributed by atoms with Gasteiger partial charge in [-0.3, -0.25) is 0 Å². The van der Waals surface area contributed by atoms with E-state index in [1.807, 2.05) is 33.8 Å². The average molecular weight is 395 g/mol. The van der Waals surface area contributed by atoms with E-state index in [-0.39, 0.29) is 0 Å². The number of aryl methyl sites for hydroxylation is 1. The third-order valence-electron chi connectivity index (χ3n) is 4.22. The summed E-state index contributed by atoms with van der Waals surface area (Å²) < 4.78 is 0. The predicted molar refractivity (Wildman–Crippen MR) is 136 cm³/mol. The SMILES string of the molecule is CC.CC.CC1CCC1.CCCC(C)C.CCCCC.CCc1ccccc1. The van der Waals surface area contributed by atoms with Crippen LogP contribution < -0.4 is 0 Å². The molecule has 0 heterocycles. The Hall–Kier alpha value is -0.780. The second-order valence-electron chi connectivity index (χ2n) is 7.41. The molecule has 1 aliphatic rings. The van der Waals surface area contributed by atoms with Crippen molar-refractivity contribution in [1.82, 2.24) is 0 Å². The Labute approximate surface area is 181 Å². The summed E-state index contributed by atoms with van der Waals surface area (Å²) in [6, 6.07) is 10.5. The van der Waals surface area contributed by atoms with Crippen LogP contribution in [0.4, 0.5) is 0 Å². The summed E-state index contributed by atoms with van der Waals surface area (Å²) in [6.07, 6.45) is 12.4. The third-order valence-corrected chi connectivity index (χ3v) is 4.22. The maximum atomic E-state index is 2.31. The van der Waals surface area contributed by atoms with Crippen LogP contribution in [0.15, 0.2) is 30.3 Å². The molecule has 170 valence electrons. The van der Waals surface area contributed by atoms with Crippen molar-refractivity contribution in [3.8, 4) is 0 Å². The van der Waals surface area contributed by atoms with Gasteiger partial charge in [0, 0.05) is 0 Å². The van der Waals surface area contributed by atoms with Gasteiger partial charge in [0.05, 0.1) is 0 Å². The van der Waals surface area contributed by atoms with Crippen molar-refractivity contribution in [2.75, 3.05) is 0 Å². The Morgan fingerprint density at radius 2 is 1.21 bits per heavy atom. The molecule has 0 bridgehead atoms. The molecule has 0 aliphatic heterocycles. The van der Waals surface area contributed by atoms with Crippen LogP contribution in [0.2, 0.25) is 0 Å². The van der Waals surface area contributed by atoms with Crippen LogP contribution in [0.1, 0.15) is 133 Å². The normalized spacial score (nSPS) is 11.3. The molecule has 0 amide bonds. The molecule has 1 aromatic rings. The van der Waals surface area contributed by atoms with Crippen LogP contribution in [-0.2, 0) is 6.42 Å². The molecule has 0 nitrogen and oxygen atoms in total. The standard InChI is InChI=1S/C8H10.C6H14.C5H10.C5H12.2C2H6/c1-2-8-6-4-3-5-7-8;1-4-5-6(2)3;1-5-3-2-4-5;1-3-5-4-2;2*1-2/h3-7H,2H2,1H3;6H,4-5H2,1-3H3;5H,2-4H2,1H3;3-5H2,1-2H3;2*1-2H3. The smallest absolute Gasteiger partial charge is 0.0307 e. The highest BCUT2D eigenvalue weighted by molar-refractivity contribution is 5.13. The number of benzene rings is 1. The van der Waals surface area contributed by atoms with Crippen molar-refractivity contribution in [1.29, 1.82) is 0 Å². The second kappa shape index (κ2) is 33.8. The van der Waals surface area contributed by atoms with Gasteiger partial charge in [-0.15, -0.1) is 0 Å². The molecule has 0 radical (unpaired) electrons. The molecule has 0 unspecified atom stereocenters. The van der Waals surface area contributed by atoms with Gasteiger partial charge in [-0.25, -0.2) is 0 Å². The monoisotopic (exact) mass is 394 g/mol. The molecule has 2 rings (SSSR count). The fraction of sp³-hybridized carbons (Fsp3) is 0.786. The van der Waals surface area contributed by atoms with E-state index in [2.05, 4.69) is 72.7 Å². The first-order chi connectivity index (χ1) is 13.5. The highest BCUT2D eigenvalue weighted by Crippen LogP contribution is 2.24. The topological polar surface area (TPSA) is 0 Å². The highest BCUT2D eigenvalue weighted by Gasteiger charge is 2.09. The van der Waals surface area contributed by atoms with Crippen molar-refractivity contribution in [3.05, 3.63) is 35.9 Å². The predicted octanol–water partition coefficient (Wildman–Crippen LogP) is 10.7. The minimum Gasteiger partial charge on any atom is -0.0683 e. The van der Waals surface area contributed by atoms with E-state index >= 15 is 0 Å². The fourth-order valence-electron chi connectivity index (χ4n) is 2.26. The summed E-state index contributed by atoms with van der Waals surface area (Å²) in [5.41, 5.74) is 1.41. The van der Waals surface area contributed by atoms with Crippen molar-refractivity contribution < 1.29 is 0 Å². The van der Waals surface area contributed by atoms with Gasteiger partial charge >= 0.3 is 0 Å². The zero-order valence-electron chi connectivity index (χ0n) is 21.9. The van der Waals surface area contributed by atoms with Crippen molar-refractivity contribution in [3.63, 3.8) is 0 Å². The summed E-state index contributed by atoms with van der Waals surface area (Å²) in [4.78, 5) is 0. The third kappa shape index (κ3) is 36.2. The molecule has 1 fully saturated rings. The van der Waals surface area contributed by atoms with E-state index in [1.165, 1.54) is 56.9 Å². The van der Waals surface area contributed by atoms with Crippen LogP contribution in [0.25, 0.3) is 0 Å². The van der Waals surface area contributed by atoms with Gasteiger partial charge in [0.25, 0.3) is 0 Å². The number of hydrogen-bond donors (Lipinski definition) is 0. The molecule has 0 atom stereocenters. The number of rotatable bonds is 5. The van der Waals surface area contributed by atoms with E-state index in [9.17, 15) is 0 Å². The average Bonchev–Trinajstić information content (AvgIpc) is 2.72. The van der Waals surface area contributed by atoms with Gasteiger partial charge in [-0.1, -0.05) is 158 Å². The number of unbranched alkanes of at least 4 members (excludes halogenated alkanes) is 2. The molecular weight excluding hydrogens is 336 g/mol. The minimum atomic E-state index is 0.898. The Morgan fingerprint density at radius 3 is 1.32 bits per heavy atom. The van der Waals surface area contributed by atoms with Gasteiger partial charge < -0.3 is 0 Å².